The third-order valence-electron chi connectivity index (χ3n) is 9.36. The van der Waals surface area contributed by atoms with Crippen LogP contribution in [0.3, 0.4) is 0 Å². The largest absolute Gasteiger partial charge is 0.662 e. The number of aromatic nitrogens is 4. The number of nitrogens with zero attached hydrogens (tertiary/aromatic N) is 10. The molecule has 3 saturated heterocycles. The maximum Gasteiger partial charge on any atom is 0.203 e. The number of nitrogens with one attached hydrogen (secondary N) is 1. The fraction of sp³-hybridized carbons (Fsp3) is 0.600. The van der Waals surface area contributed by atoms with E-state index in [0.717, 1.165) is 43.7 Å². The Hall–Kier alpha value is -3.08. The van der Waals surface area contributed by atoms with Gasteiger partial charge < -0.3 is 43.0 Å². The molecule has 0 atom stereocenters. The summed E-state index contributed by atoms with van der Waals surface area (Å²) >= 11 is 0. The zero-order valence-corrected chi connectivity index (χ0v) is 33.4. The second-order valence-corrected chi connectivity index (χ2v) is 14.3. The molecule has 3 aromatic rings. The summed E-state index contributed by atoms with van der Waals surface area (Å²) < 4.78 is 0. The molecule has 2 aromatic carbocycles. The van der Waals surface area contributed by atoms with E-state index in [4.69, 9.17) is 21.7 Å². The molecule has 0 unspecified atom stereocenters. The minimum Gasteiger partial charge on any atom is -0.662 e. The summed E-state index contributed by atoms with van der Waals surface area (Å²) in [6, 6.07) is 16.0. The number of rotatable bonds is 13. The number of likely N-dealkylation sites (N-methyl/N-ethyl adjacent to an activating group) is 1. The first-order chi connectivity index (χ1) is 26.3. The molecule has 15 heteroatoms. The molecule has 2 bridgehead atoms. The zero-order valence-electron chi connectivity index (χ0n) is 32.5. The Bertz CT molecular complexity index is 1450. The number of carbonyl (C=O) groups excluding carboxylic acids is 2. The number of aryl methyl sites for hydroxylation is 3. The molecule has 6 rings (SSSR count). The van der Waals surface area contributed by atoms with Crippen LogP contribution in [0.2, 0.25) is 0 Å². The monoisotopic (exact) mass is 802 g/mol. The van der Waals surface area contributed by atoms with Crippen molar-refractivity contribution in [2.45, 2.75) is 69.9 Å². The minimum atomic E-state index is -0.470. The Morgan fingerprint density at radius 3 is 1.51 bits per heavy atom. The molecular formula is C40H58CuN12O2-6. The minimum absolute atomic E-state index is 0. The molecule has 14 nitrogen and oxygen atoms in total. The van der Waals surface area contributed by atoms with E-state index in [9.17, 15) is 9.59 Å². The van der Waals surface area contributed by atoms with Gasteiger partial charge >= 0.3 is 0 Å². The van der Waals surface area contributed by atoms with Gasteiger partial charge in [-0.1, -0.05) is 61.0 Å². The van der Waals surface area contributed by atoms with Crippen LogP contribution in [0.25, 0.3) is 43.3 Å². The van der Waals surface area contributed by atoms with E-state index in [0.29, 0.717) is 103 Å². The van der Waals surface area contributed by atoms with E-state index in [1.165, 1.54) is 17.5 Å². The van der Waals surface area contributed by atoms with Crippen LogP contribution >= 0.6 is 0 Å². The molecular weight excluding hydrogens is 744 g/mol. The molecule has 0 spiro atoms. The topological polar surface area (TPSA) is 208 Å². The normalized spacial score (nSPS) is 21.2. The Balaban J connectivity index is 0.000000297. The van der Waals surface area contributed by atoms with Gasteiger partial charge in [-0.3, -0.25) is 9.59 Å². The molecule has 0 saturated carbocycles. The fourth-order valence-corrected chi connectivity index (χ4v) is 6.25. The van der Waals surface area contributed by atoms with Gasteiger partial charge in [0.1, 0.15) is 11.6 Å². The Labute approximate surface area is 338 Å². The number of carbonyl (C=O) groups is 2. The van der Waals surface area contributed by atoms with Crippen molar-refractivity contribution < 1.29 is 26.7 Å². The number of nitrogens with two attached hydrogens (primary N) is 1. The second kappa shape index (κ2) is 26.0. The number of hydrogen-bond donors (Lipinski definition) is 2. The van der Waals surface area contributed by atoms with Gasteiger partial charge in [0, 0.05) is 48.3 Å². The van der Waals surface area contributed by atoms with Crippen LogP contribution in [0.15, 0.2) is 54.9 Å². The first-order valence-corrected chi connectivity index (χ1v) is 19.3. The Morgan fingerprint density at radius 1 is 0.655 bits per heavy atom. The van der Waals surface area contributed by atoms with Crippen molar-refractivity contribution in [3.63, 3.8) is 0 Å². The van der Waals surface area contributed by atoms with Crippen LogP contribution in [0, 0.1) is 6.92 Å². The molecule has 3 fully saturated rings. The van der Waals surface area contributed by atoms with E-state index in [1.807, 2.05) is 24.3 Å². The Kier molecular flexibility index (Phi) is 21.9. The summed E-state index contributed by atoms with van der Waals surface area (Å²) in [5.41, 5.74) is 10.2. The summed E-state index contributed by atoms with van der Waals surface area (Å²) in [4.78, 5) is 24.2. The van der Waals surface area contributed by atoms with Gasteiger partial charge in [-0.05, 0) is 54.9 Å². The first-order valence-electron chi connectivity index (χ1n) is 19.3. The van der Waals surface area contributed by atoms with Crippen LogP contribution in [-0.2, 0) is 39.5 Å². The summed E-state index contributed by atoms with van der Waals surface area (Å²) in [7, 11) is 0. The van der Waals surface area contributed by atoms with Gasteiger partial charge in [0.15, 0.2) is 6.33 Å². The van der Waals surface area contributed by atoms with Crippen LogP contribution in [0.1, 0.15) is 55.7 Å². The van der Waals surface area contributed by atoms with Crippen molar-refractivity contribution in [3.8, 4) is 11.4 Å². The van der Waals surface area contributed by atoms with Crippen molar-refractivity contribution >= 4 is 11.6 Å². The molecule has 3 aliphatic rings. The van der Waals surface area contributed by atoms with Gasteiger partial charge in [-0.15, -0.1) is 59.7 Å². The third kappa shape index (κ3) is 18.2. The molecule has 3 N–H and O–H groups in total. The molecule has 307 valence electrons. The molecule has 1 aromatic heterocycles. The van der Waals surface area contributed by atoms with Crippen LogP contribution in [0.4, 0.5) is 0 Å². The second-order valence-electron chi connectivity index (χ2n) is 14.3. The smallest absolute Gasteiger partial charge is 0.203 e. The van der Waals surface area contributed by atoms with Gasteiger partial charge in [0.2, 0.25) is 5.82 Å². The number of ketones is 2. The third-order valence-corrected chi connectivity index (χ3v) is 9.36. The van der Waals surface area contributed by atoms with Gasteiger partial charge in [0.25, 0.3) is 0 Å². The van der Waals surface area contributed by atoms with Gasteiger partial charge in [0.05, 0.1) is 0 Å². The first kappa shape index (κ1) is 46.3. The SMILES string of the molecule is CCNC12C[N-]CC[N-]CC(N)(C[N-]CC[N-]C1)C[N-]CC[N-]C2.Cc1ccc(CCC(=O)CCCC(=O)CCc2ccc(-c3nncnn3)cc2)cc1.[64Cu]. The van der Waals surface area contributed by atoms with E-state index < -0.39 is 5.54 Å². The van der Waals surface area contributed by atoms with E-state index >= 15 is 0 Å². The number of fused-ring (bicyclic) bond motifs is 15. The van der Waals surface area contributed by atoms with Crippen LogP contribution < -0.4 is 11.1 Å². The number of benzene rings is 2. The summed E-state index contributed by atoms with van der Waals surface area (Å²) in [6.45, 7) is 13.2. The zero-order chi connectivity index (χ0) is 38.3. The van der Waals surface area contributed by atoms with E-state index in [2.05, 4.69) is 79.8 Å². The summed E-state index contributed by atoms with van der Waals surface area (Å²) in [5, 5.41) is 46.8. The molecule has 0 aliphatic carbocycles. The van der Waals surface area contributed by atoms with E-state index in [1.54, 1.807) is 0 Å². The molecule has 55 heavy (non-hydrogen) atoms. The molecule has 1 radical (unpaired) electrons. The average molecular weight is 803 g/mol. The molecule has 3 aliphatic heterocycles. The van der Waals surface area contributed by atoms with E-state index in [-0.39, 0.29) is 34.2 Å². The van der Waals surface area contributed by atoms with Crippen molar-refractivity contribution in [2.75, 3.05) is 85.1 Å². The van der Waals surface area contributed by atoms with Gasteiger partial charge in [-0.25, -0.2) is 0 Å². The predicted molar refractivity (Wildman–Crippen MR) is 217 cm³/mol. The molecule has 0 amide bonds. The van der Waals surface area contributed by atoms with Crippen molar-refractivity contribution in [1.29, 1.82) is 0 Å². The summed E-state index contributed by atoms with van der Waals surface area (Å²) in [5.74, 6) is 0.906. The number of Topliss-reactive ketones (excluding diaryl/α,β-unsaturated/α-hetero) is 2. The molecule has 4 heterocycles. The average Bonchev–Trinajstić information content (AvgIpc) is 3.18. The quantitative estimate of drug-likeness (QED) is 0.213. The van der Waals surface area contributed by atoms with Crippen LogP contribution in [-0.4, -0.2) is 128 Å². The summed E-state index contributed by atoms with van der Waals surface area (Å²) in [6.07, 6.45) is 5.35. The fourth-order valence-electron chi connectivity index (χ4n) is 6.25. The van der Waals surface area contributed by atoms with Crippen molar-refractivity contribution in [1.82, 2.24) is 25.7 Å². The predicted octanol–water partition coefficient (Wildman–Crippen LogP) is 5.42. The van der Waals surface area contributed by atoms with Crippen LogP contribution in [0.5, 0.6) is 0 Å². The maximum absolute atomic E-state index is 12.1. The number of hydrogen-bond acceptors (Lipinski definition) is 8. The van der Waals surface area contributed by atoms with Gasteiger partial charge in [-0.2, -0.15) is 39.3 Å². The van der Waals surface area contributed by atoms with Crippen molar-refractivity contribution in [3.05, 3.63) is 103 Å². The van der Waals surface area contributed by atoms with Crippen molar-refractivity contribution in [2.24, 2.45) is 5.73 Å². The maximum atomic E-state index is 12.1. The Morgan fingerprint density at radius 2 is 1.07 bits per heavy atom. The standard InChI is InChI=1S/C24H26N4O2.C16H32N8.Cu/c1-18-5-7-19(8-6-18)11-15-22(29)3-2-4-23(30)16-12-20-9-13-21(14-10-20)24-27-25-17-26-28-24;1-2-24-16-12-21-6-3-18-9-15(17,10-19-4-7-22-13-16)11-20-5-8-23-14-16;/h5-10,13-14,17H,2-4,11-12,15-16H2,1H3;24H,2-14,17H2,1H3;/q;-6;/i;;1+0.